The summed E-state index contributed by atoms with van der Waals surface area (Å²) in [4.78, 5) is 30.5. The Labute approximate surface area is 199 Å². The van der Waals surface area contributed by atoms with Crippen LogP contribution in [0.25, 0.3) is 5.57 Å². The lowest BCUT2D eigenvalue weighted by atomic mass is 10.0. The molecule has 174 valence electrons. The molecule has 0 saturated heterocycles. The number of amides is 2. The normalized spacial score (nSPS) is 13.4. The molecule has 2 amide bonds. The number of ether oxygens (including phenoxy) is 2. The van der Waals surface area contributed by atoms with Crippen LogP contribution in [-0.4, -0.2) is 40.1 Å². The van der Waals surface area contributed by atoms with Crippen molar-refractivity contribution in [2.75, 3.05) is 43.4 Å². The Balaban J connectivity index is 1.85. The number of hydrogen-bond donors (Lipinski definition) is 1. The van der Waals surface area contributed by atoms with E-state index < -0.39 is 11.8 Å². The molecule has 0 saturated carbocycles. The molecule has 1 heterocycles. The number of benzene rings is 3. The van der Waals surface area contributed by atoms with Gasteiger partial charge in [-0.15, -0.1) is 0 Å². The first kappa shape index (κ1) is 22.9. The summed E-state index contributed by atoms with van der Waals surface area (Å²) in [6.45, 7) is 1.97. The molecule has 0 bridgehead atoms. The van der Waals surface area contributed by atoms with Crippen LogP contribution in [0.15, 0.2) is 72.4 Å². The van der Waals surface area contributed by atoms with Crippen molar-refractivity contribution in [3.63, 3.8) is 0 Å². The Bertz CT molecular complexity index is 1280. The van der Waals surface area contributed by atoms with E-state index in [2.05, 4.69) is 5.32 Å². The van der Waals surface area contributed by atoms with Crippen molar-refractivity contribution in [2.45, 2.75) is 6.92 Å². The molecule has 0 aliphatic carbocycles. The Morgan fingerprint density at radius 1 is 0.853 bits per heavy atom. The number of imide groups is 1. The Morgan fingerprint density at radius 2 is 1.59 bits per heavy atom. The van der Waals surface area contributed by atoms with Gasteiger partial charge in [0.2, 0.25) is 0 Å². The lowest BCUT2D eigenvalue weighted by Crippen LogP contribution is -2.32. The third-order valence-electron chi connectivity index (χ3n) is 5.69. The molecular weight excluding hydrogens is 430 g/mol. The van der Waals surface area contributed by atoms with E-state index in [0.29, 0.717) is 34.0 Å². The standard InChI is InChI=1S/C27H27N3O4/c1-17-9-11-18(12-10-17)24-25(28-22-16-21(33-4)13-14-23(22)34-5)27(32)30(26(24)31)20-8-6-7-19(15-20)29(2)3/h6-16,28H,1-5H3. The molecule has 0 unspecified atom stereocenters. The molecule has 1 aliphatic rings. The van der Waals surface area contributed by atoms with E-state index in [1.165, 1.54) is 4.90 Å². The van der Waals surface area contributed by atoms with E-state index in [-0.39, 0.29) is 5.70 Å². The molecule has 0 aromatic heterocycles. The highest BCUT2D eigenvalue weighted by Crippen LogP contribution is 2.37. The third kappa shape index (κ3) is 4.20. The van der Waals surface area contributed by atoms with E-state index in [4.69, 9.17) is 9.47 Å². The first-order valence-electron chi connectivity index (χ1n) is 10.8. The van der Waals surface area contributed by atoms with Crippen LogP contribution in [0.2, 0.25) is 0 Å². The van der Waals surface area contributed by atoms with Crippen molar-refractivity contribution in [3.8, 4) is 11.5 Å². The van der Waals surface area contributed by atoms with Crippen molar-refractivity contribution in [3.05, 3.63) is 83.6 Å². The van der Waals surface area contributed by atoms with Gasteiger partial charge in [0, 0.05) is 25.8 Å². The van der Waals surface area contributed by atoms with Crippen molar-refractivity contribution >= 4 is 34.4 Å². The molecule has 4 rings (SSSR count). The summed E-state index contributed by atoms with van der Waals surface area (Å²) in [5.41, 5.74) is 4.08. The summed E-state index contributed by atoms with van der Waals surface area (Å²) < 4.78 is 10.8. The molecule has 0 fully saturated rings. The maximum Gasteiger partial charge on any atom is 0.282 e. The minimum Gasteiger partial charge on any atom is -0.497 e. The highest BCUT2D eigenvalue weighted by molar-refractivity contribution is 6.46. The number of rotatable bonds is 7. The van der Waals surface area contributed by atoms with Crippen molar-refractivity contribution in [1.82, 2.24) is 0 Å². The summed E-state index contributed by atoms with van der Waals surface area (Å²) in [6.07, 6.45) is 0. The Hall–Kier alpha value is -4.26. The summed E-state index contributed by atoms with van der Waals surface area (Å²) in [7, 11) is 6.92. The lowest BCUT2D eigenvalue weighted by Gasteiger charge is -2.19. The van der Waals surface area contributed by atoms with Gasteiger partial charge in [0.05, 0.1) is 31.2 Å². The molecule has 7 heteroatoms. The fourth-order valence-corrected chi connectivity index (χ4v) is 3.82. The van der Waals surface area contributed by atoms with E-state index in [1.807, 2.05) is 68.4 Å². The average Bonchev–Trinajstić information content (AvgIpc) is 3.08. The lowest BCUT2D eigenvalue weighted by molar-refractivity contribution is -0.120. The van der Waals surface area contributed by atoms with E-state index in [9.17, 15) is 9.59 Å². The van der Waals surface area contributed by atoms with Gasteiger partial charge in [0.1, 0.15) is 17.2 Å². The van der Waals surface area contributed by atoms with E-state index in [1.54, 1.807) is 38.5 Å². The minimum absolute atomic E-state index is 0.177. The highest BCUT2D eigenvalue weighted by Gasteiger charge is 2.40. The van der Waals surface area contributed by atoms with Crippen LogP contribution in [-0.2, 0) is 9.59 Å². The second-order valence-corrected chi connectivity index (χ2v) is 8.17. The number of hydrogen-bond acceptors (Lipinski definition) is 6. The molecule has 0 atom stereocenters. The first-order chi connectivity index (χ1) is 16.3. The van der Waals surface area contributed by atoms with Crippen molar-refractivity contribution in [1.29, 1.82) is 0 Å². The number of nitrogens with one attached hydrogen (secondary N) is 1. The SMILES string of the molecule is COc1ccc(OC)c(NC2=C(c3ccc(C)cc3)C(=O)N(c3cccc(N(C)C)c3)C2=O)c1. The summed E-state index contributed by atoms with van der Waals surface area (Å²) in [6, 6.07) is 20.1. The summed E-state index contributed by atoms with van der Waals surface area (Å²) in [5, 5.41) is 3.17. The monoisotopic (exact) mass is 457 g/mol. The molecule has 7 nitrogen and oxygen atoms in total. The second kappa shape index (κ2) is 9.31. The van der Waals surface area contributed by atoms with Gasteiger partial charge in [-0.3, -0.25) is 9.59 Å². The Morgan fingerprint density at radius 3 is 2.24 bits per heavy atom. The van der Waals surface area contributed by atoms with Crippen molar-refractivity contribution in [2.24, 2.45) is 0 Å². The average molecular weight is 458 g/mol. The molecule has 3 aromatic carbocycles. The fourth-order valence-electron chi connectivity index (χ4n) is 3.82. The van der Waals surface area contributed by atoms with Gasteiger partial charge in [0.15, 0.2) is 0 Å². The van der Waals surface area contributed by atoms with Gasteiger partial charge >= 0.3 is 0 Å². The maximum atomic E-state index is 13.7. The molecule has 3 aromatic rings. The van der Waals surface area contributed by atoms with Gasteiger partial charge < -0.3 is 19.7 Å². The largest absolute Gasteiger partial charge is 0.497 e. The van der Waals surface area contributed by atoms with E-state index >= 15 is 0 Å². The van der Waals surface area contributed by atoms with Crippen LogP contribution < -0.4 is 24.6 Å². The van der Waals surface area contributed by atoms with Gasteiger partial charge in [-0.2, -0.15) is 0 Å². The zero-order valence-electron chi connectivity index (χ0n) is 19.9. The molecule has 34 heavy (non-hydrogen) atoms. The molecular formula is C27H27N3O4. The fraction of sp³-hybridized carbons (Fsp3) is 0.185. The van der Waals surface area contributed by atoms with E-state index in [0.717, 1.165) is 11.3 Å². The number of methoxy groups -OCH3 is 2. The highest BCUT2D eigenvalue weighted by atomic mass is 16.5. The zero-order chi connectivity index (χ0) is 24.4. The topological polar surface area (TPSA) is 71.1 Å². The van der Waals surface area contributed by atoms with Crippen LogP contribution in [0.5, 0.6) is 11.5 Å². The zero-order valence-corrected chi connectivity index (χ0v) is 19.9. The van der Waals surface area contributed by atoms with Crippen LogP contribution in [0.3, 0.4) is 0 Å². The third-order valence-corrected chi connectivity index (χ3v) is 5.69. The van der Waals surface area contributed by atoms with Crippen LogP contribution >= 0.6 is 0 Å². The first-order valence-corrected chi connectivity index (χ1v) is 10.8. The van der Waals surface area contributed by atoms with Gasteiger partial charge in [-0.05, 0) is 42.8 Å². The molecule has 0 spiro atoms. The van der Waals surface area contributed by atoms with Crippen LogP contribution in [0, 0.1) is 6.92 Å². The summed E-state index contributed by atoms with van der Waals surface area (Å²) >= 11 is 0. The van der Waals surface area contributed by atoms with Gasteiger partial charge in [-0.25, -0.2) is 4.90 Å². The quantitative estimate of drug-likeness (QED) is 0.528. The van der Waals surface area contributed by atoms with Gasteiger partial charge in [0.25, 0.3) is 11.8 Å². The molecule has 1 N–H and O–H groups in total. The number of carbonyl (C=O) groups excluding carboxylic acids is 2. The maximum absolute atomic E-state index is 13.7. The number of nitrogens with zero attached hydrogens (tertiary/aromatic N) is 2. The predicted octanol–water partition coefficient (Wildman–Crippen LogP) is 4.47. The smallest absolute Gasteiger partial charge is 0.282 e. The van der Waals surface area contributed by atoms with Gasteiger partial charge in [-0.1, -0.05) is 35.9 Å². The predicted molar refractivity (Wildman–Crippen MR) is 135 cm³/mol. The summed E-state index contributed by atoms with van der Waals surface area (Å²) in [5.74, 6) is 0.272. The van der Waals surface area contributed by atoms with Crippen LogP contribution in [0.1, 0.15) is 11.1 Å². The molecule has 0 radical (unpaired) electrons. The Kier molecular flexibility index (Phi) is 6.27. The minimum atomic E-state index is -0.443. The number of anilines is 3. The number of carbonyl (C=O) groups is 2. The van der Waals surface area contributed by atoms with Crippen molar-refractivity contribution < 1.29 is 19.1 Å². The van der Waals surface area contributed by atoms with Crippen LogP contribution in [0.4, 0.5) is 17.1 Å². The number of aryl methyl sites for hydroxylation is 1. The molecule has 1 aliphatic heterocycles. The second-order valence-electron chi connectivity index (χ2n) is 8.17.